The van der Waals surface area contributed by atoms with Crippen molar-refractivity contribution in [2.24, 2.45) is 5.73 Å². The van der Waals surface area contributed by atoms with Crippen LogP contribution in [0.25, 0.3) is 0 Å². The van der Waals surface area contributed by atoms with Gasteiger partial charge in [0, 0.05) is 0 Å². The highest BCUT2D eigenvalue weighted by Gasteiger charge is 2.27. The van der Waals surface area contributed by atoms with Crippen LogP contribution >= 0.6 is 0 Å². The van der Waals surface area contributed by atoms with Crippen molar-refractivity contribution in [2.75, 3.05) is 13.1 Å². The molecule has 1 saturated heterocycles. The first-order valence-corrected chi connectivity index (χ1v) is 4.86. The van der Waals surface area contributed by atoms with Crippen molar-refractivity contribution in [1.82, 2.24) is 4.90 Å². The van der Waals surface area contributed by atoms with Crippen molar-refractivity contribution in [2.45, 2.75) is 31.7 Å². The molecule has 1 aliphatic rings. The Hall–Kier alpha value is -1.10. The third-order valence-electron chi connectivity index (χ3n) is 2.51. The molecule has 1 aliphatic heterocycles. The third kappa shape index (κ3) is 2.99. The predicted octanol–water partition coefficient (Wildman–Crippen LogP) is -0.199. The van der Waals surface area contributed by atoms with Gasteiger partial charge in [-0.2, -0.15) is 0 Å². The molecule has 0 aliphatic carbocycles. The zero-order valence-corrected chi connectivity index (χ0v) is 8.11. The van der Waals surface area contributed by atoms with Gasteiger partial charge in [0.25, 0.3) is 0 Å². The number of rotatable bonds is 4. The number of amides is 1. The number of hydrogen-bond acceptors (Lipinski definition) is 3. The number of aliphatic carboxylic acids is 1. The first kappa shape index (κ1) is 11.0. The van der Waals surface area contributed by atoms with Gasteiger partial charge in [-0.25, -0.2) is 0 Å². The molecule has 1 fully saturated rings. The van der Waals surface area contributed by atoms with Crippen molar-refractivity contribution in [3.8, 4) is 0 Å². The van der Waals surface area contributed by atoms with E-state index in [2.05, 4.69) is 0 Å². The van der Waals surface area contributed by atoms with Crippen LogP contribution in [-0.2, 0) is 9.59 Å². The standard InChI is InChI=1S/C9H16N2O3/c10-8(12)6-7(9(13)14)11-4-2-1-3-5-11/h7H,1-6H2,(H2,10,12)(H,13,14). The lowest BCUT2D eigenvalue weighted by Gasteiger charge is -2.31. The number of nitrogens with two attached hydrogens (primary N) is 1. The Morgan fingerprint density at radius 1 is 1.29 bits per heavy atom. The number of carbonyl (C=O) groups is 2. The lowest BCUT2D eigenvalue weighted by Crippen LogP contribution is -2.46. The molecular weight excluding hydrogens is 184 g/mol. The minimum atomic E-state index is -0.953. The Kier molecular flexibility index (Phi) is 3.88. The quantitative estimate of drug-likeness (QED) is 0.658. The second-order valence-electron chi connectivity index (χ2n) is 3.62. The first-order valence-electron chi connectivity index (χ1n) is 4.86. The van der Waals surface area contributed by atoms with Crippen LogP contribution in [0.5, 0.6) is 0 Å². The Balaban J connectivity index is 2.56. The first-order chi connectivity index (χ1) is 6.61. The fraction of sp³-hybridized carbons (Fsp3) is 0.778. The summed E-state index contributed by atoms with van der Waals surface area (Å²) in [5, 5.41) is 8.92. The summed E-state index contributed by atoms with van der Waals surface area (Å²) >= 11 is 0. The van der Waals surface area contributed by atoms with Gasteiger partial charge in [0.2, 0.25) is 5.91 Å². The predicted molar refractivity (Wildman–Crippen MR) is 50.7 cm³/mol. The van der Waals surface area contributed by atoms with Crippen LogP contribution in [0, 0.1) is 0 Å². The molecule has 5 heteroatoms. The van der Waals surface area contributed by atoms with Crippen LogP contribution in [0.15, 0.2) is 0 Å². The summed E-state index contributed by atoms with van der Waals surface area (Å²) in [6, 6.07) is -0.729. The summed E-state index contributed by atoms with van der Waals surface area (Å²) in [4.78, 5) is 23.4. The van der Waals surface area contributed by atoms with E-state index in [1.54, 1.807) is 0 Å². The zero-order valence-electron chi connectivity index (χ0n) is 8.11. The van der Waals surface area contributed by atoms with Crippen LogP contribution in [-0.4, -0.2) is 41.0 Å². The fourth-order valence-electron chi connectivity index (χ4n) is 1.79. The van der Waals surface area contributed by atoms with E-state index in [9.17, 15) is 9.59 Å². The van der Waals surface area contributed by atoms with Crippen molar-refractivity contribution in [1.29, 1.82) is 0 Å². The minimum absolute atomic E-state index is 0.0880. The summed E-state index contributed by atoms with van der Waals surface area (Å²) in [5.41, 5.74) is 5.01. The van der Waals surface area contributed by atoms with Gasteiger partial charge in [0.05, 0.1) is 6.42 Å². The molecule has 80 valence electrons. The number of nitrogens with zero attached hydrogens (tertiary/aromatic N) is 1. The monoisotopic (exact) mass is 200 g/mol. The summed E-state index contributed by atoms with van der Waals surface area (Å²) in [5.74, 6) is -1.51. The van der Waals surface area contributed by atoms with Crippen molar-refractivity contribution < 1.29 is 14.7 Å². The molecule has 0 saturated carbocycles. The van der Waals surface area contributed by atoms with Gasteiger partial charge in [-0.1, -0.05) is 6.42 Å². The molecule has 14 heavy (non-hydrogen) atoms. The van der Waals surface area contributed by atoms with Gasteiger partial charge in [-0.15, -0.1) is 0 Å². The molecule has 1 amide bonds. The number of likely N-dealkylation sites (tertiary alicyclic amines) is 1. The summed E-state index contributed by atoms with van der Waals surface area (Å²) in [7, 11) is 0. The highest BCUT2D eigenvalue weighted by Crippen LogP contribution is 2.14. The van der Waals surface area contributed by atoms with Gasteiger partial charge < -0.3 is 10.8 Å². The molecule has 5 nitrogen and oxygen atoms in total. The van der Waals surface area contributed by atoms with E-state index < -0.39 is 17.9 Å². The summed E-state index contributed by atoms with van der Waals surface area (Å²) in [6.07, 6.45) is 3.06. The molecule has 1 unspecified atom stereocenters. The van der Waals surface area contributed by atoms with Crippen LogP contribution in [0.4, 0.5) is 0 Å². The third-order valence-corrected chi connectivity index (χ3v) is 2.51. The molecule has 1 heterocycles. The van der Waals surface area contributed by atoms with E-state index in [1.807, 2.05) is 4.90 Å². The lowest BCUT2D eigenvalue weighted by molar-refractivity contribution is -0.145. The van der Waals surface area contributed by atoms with Crippen LogP contribution in [0.3, 0.4) is 0 Å². The molecule has 1 rings (SSSR count). The molecule has 0 bridgehead atoms. The van der Waals surface area contributed by atoms with E-state index >= 15 is 0 Å². The second-order valence-corrected chi connectivity index (χ2v) is 3.62. The zero-order chi connectivity index (χ0) is 10.6. The molecule has 1 atom stereocenters. The molecule has 0 aromatic rings. The van der Waals surface area contributed by atoms with Crippen molar-refractivity contribution >= 4 is 11.9 Å². The number of hydrogen-bond donors (Lipinski definition) is 2. The maximum atomic E-state index is 10.9. The average molecular weight is 200 g/mol. The molecular formula is C9H16N2O3. The number of carboxylic acid groups (broad SMARTS) is 1. The Morgan fingerprint density at radius 2 is 1.86 bits per heavy atom. The molecule has 0 radical (unpaired) electrons. The average Bonchev–Trinajstić information content (AvgIpc) is 2.15. The lowest BCUT2D eigenvalue weighted by atomic mass is 10.1. The Morgan fingerprint density at radius 3 is 2.29 bits per heavy atom. The maximum Gasteiger partial charge on any atom is 0.321 e. The number of primary amides is 1. The SMILES string of the molecule is NC(=O)CC(C(=O)O)N1CCCCC1. The molecule has 0 aromatic carbocycles. The molecule has 3 N–H and O–H groups in total. The number of carbonyl (C=O) groups excluding carboxylic acids is 1. The molecule has 0 aromatic heterocycles. The van der Waals surface area contributed by atoms with E-state index in [1.165, 1.54) is 0 Å². The van der Waals surface area contributed by atoms with Crippen LogP contribution < -0.4 is 5.73 Å². The van der Waals surface area contributed by atoms with E-state index in [-0.39, 0.29) is 6.42 Å². The maximum absolute atomic E-state index is 10.9. The van der Waals surface area contributed by atoms with Gasteiger partial charge in [0.15, 0.2) is 0 Å². The largest absolute Gasteiger partial charge is 0.480 e. The van der Waals surface area contributed by atoms with Crippen LogP contribution in [0.1, 0.15) is 25.7 Å². The highest BCUT2D eigenvalue weighted by atomic mass is 16.4. The number of carboxylic acids is 1. The molecule has 0 spiro atoms. The topological polar surface area (TPSA) is 83.6 Å². The smallest absolute Gasteiger partial charge is 0.321 e. The van der Waals surface area contributed by atoms with Crippen LogP contribution in [0.2, 0.25) is 0 Å². The van der Waals surface area contributed by atoms with Gasteiger partial charge in [-0.05, 0) is 25.9 Å². The second kappa shape index (κ2) is 4.95. The van der Waals surface area contributed by atoms with Gasteiger partial charge in [0.1, 0.15) is 6.04 Å². The fourth-order valence-corrected chi connectivity index (χ4v) is 1.79. The Bertz CT molecular complexity index is 224. The normalized spacial score (nSPS) is 20.3. The van der Waals surface area contributed by atoms with Gasteiger partial charge in [-0.3, -0.25) is 14.5 Å². The highest BCUT2D eigenvalue weighted by molar-refractivity contribution is 5.83. The van der Waals surface area contributed by atoms with E-state index in [0.717, 1.165) is 32.4 Å². The number of piperidine rings is 1. The van der Waals surface area contributed by atoms with E-state index in [4.69, 9.17) is 10.8 Å². The summed E-state index contributed by atoms with van der Waals surface area (Å²) in [6.45, 7) is 1.51. The van der Waals surface area contributed by atoms with Crippen molar-refractivity contribution in [3.63, 3.8) is 0 Å². The van der Waals surface area contributed by atoms with Crippen molar-refractivity contribution in [3.05, 3.63) is 0 Å². The minimum Gasteiger partial charge on any atom is -0.480 e. The Labute approximate surface area is 82.9 Å². The van der Waals surface area contributed by atoms with E-state index in [0.29, 0.717) is 0 Å². The van der Waals surface area contributed by atoms with Gasteiger partial charge >= 0.3 is 5.97 Å². The summed E-state index contributed by atoms with van der Waals surface area (Å²) < 4.78 is 0.